The van der Waals surface area contributed by atoms with Crippen LogP contribution in [0.4, 0.5) is 5.69 Å². The van der Waals surface area contributed by atoms with Crippen LogP contribution in [-0.2, 0) is 22.3 Å². The van der Waals surface area contributed by atoms with Gasteiger partial charge >= 0.3 is 0 Å². The minimum Gasteiger partial charge on any atom is -0.379 e. The number of rotatable bonds is 6. The summed E-state index contributed by atoms with van der Waals surface area (Å²) < 4.78 is 24.8. The average molecular weight is 311 g/mol. The first kappa shape index (κ1) is 15.0. The van der Waals surface area contributed by atoms with Crippen LogP contribution >= 0.6 is 11.3 Å². The van der Waals surface area contributed by atoms with Crippen molar-refractivity contribution in [3.8, 4) is 0 Å². The Morgan fingerprint density at radius 1 is 1.25 bits per heavy atom. The monoisotopic (exact) mass is 311 g/mol. The molecule has 0 unspecified atom stereocenters. The highest BCUT2D eigenvalue weighted by atomic mass is 32.2. The van der Waals surface area contributed by atoms with Gasteiger partial charge in [0.1, 0.15) is 5.01 Å². The highest BCUT2D eigenvalue weighted by molar-refractivity contribution is 7.88. The molecule has 0 saturated heterocycles. The minimum absolute atomic E-state index is 0.0206. The second-order valence-corrected chi connectivity index (χ2v) is 7.68. The van der Waals surface area contributed by atoms with Crippen molar-refractivity contribution in [1.82, 2.24) is 9.29 Å². The molecule has 0 atom stereocenters. The molecule has 0 aliphatic carbocycles. The van der Waals surface area contributed by atoms with Crippen LogP contribution in [0.5, 0.6) is 0 Å². The second-order valence-electron chi connectivity index (χ2n) is 4.51. The molecule has 2 aromatic rings. The van der Waals surface area contributed by atoms with Crippen LogP contribution in [0.15, 0.2) is 35.8 Å². The van der Waals surface area contributed by atoms with E-state index < -0.39 is 10.0 Å². The molecule has 5 nitrogen and oxygen atoms in total. The lowest BCUT2D eigenvalue weighted by atomic mass is 10.2. The topological polar surface area (TPSA) is 62.3 Å². The van der Waals surface area contributed by atoms with Gasteiger partial charge in [-0.15, -0.1) is 11.3 Å². The van der Waals surface area contributed by atoms with Crippen molar-refractivity contribution in [2.45, 2.75) is 12.3 Å². The summed E-state index contributed by atoms with van der Waals surface area (Å²) in [4.78, 5) is 4.19. The molecule has 1 aromatic heterocycles. The number of thiazole rings is 1. The number of nitrogens with one attached hydrogen (secondary N) is 1. The molecular formula is C13H17N3O2S2. The van der Waals surface area contributed by atoms with E-state index in [1.54, 1.807) is 31.6 Å². The van der Waals surface area contributed by atoms with Crippen molar-refractivity contribution in [2.24, 2.45) is 0 Å². The summed E-state index contributed by atoms with van der Waals surface area (Å²) in [7, 11) is -0.125. The van der Waals surface area contributed by atoms with E-state index in [0.717, 1.165) is 16.3 Å². The lowest BCUT2D eigenvalue weighted by Gasteiger charge is -2.11. The SMILES string of the molecule is CN(C)S(=O)(=O)Cc1ccc(NCc2nccs2)cc1. The maximum atomic E-state index is 11.8. The summed E-state index contributed by atoms with van der Waals surface area (Å²) >= 11 is 1.60. The van der Waals surface area contributed by atoms with Crippen molar-refractivity contribution < 1.29 is 8.42 Å². The molecule has 1 heterocycles. The van der Waals surface area contributed by atoms with Gasteiger partial charge in [0.15, 0.2) is 0 Å². The summed E-state index contributed by atoms with van der Waals surface area (Å²) in [6.07, 6.45) is 1.77. The number of benzene rings is 1. The van der Waals surface area contributed by atoms with Gasteiger partial charge in [0, 0.05) is 31.4 Å². The molecule has 20 heavy (non-hydrogen) atoms. The molecule has 1 aromatic carbocycles. The quantitative estimate of drug-likeness (QED) is 0.888. The Labute approximate surface area is 123 Å². The Kier molecular flexibility index (Phi) is 4.74. The zero-order valence-electron chi connectivity index (χ0n) is 11.4. The molecule has 0 aliphatic rings. The minimum atomic E-state index is -3.21. The van der Waals surface area contributed by atoms with Crippen LogP contribution in [0.1, 0.15) is 10.6 Å². The van der Waals surface area contributed by atoms with Crippen molar-refractivity contribution in [3.05, 3.63) is 46.4 Å². The Balaban J connectivity index is 1.96. The fraction of sp³-hybridized carbons (Fsp3) is 0.308. The van der Waals surface area contributed by atoms with Gasteiger partial charge in [0.25, 0.3) is 0 Å². The number of aromatic nitrogens is 1. The van der Waals surface area contributed by atoms with Crippen LogP contribution in [-0.4, -0.2) is 31.8 Å². The average Bonchev–Trinajstić information content (AvgIpc) is 2.90. The normalized spacial score (nSPS) is 11.8. The molecule has 0 bridgehead atoms. The van der Waals surface area contributed by atoms with E-state index in [1.165, 1.54) is 4.31 Å². The largest absolute Gasteiger partial charge is 0.379 e. The third-order valence-electron chi connectivity index (χ3n) is 2.79. The standard InChI is InChI=1S/C13H17N3O2S2/c1-16(2)20(17,18)10-11-3-5-12(6-4-11)15-9-13-14-7-8-19-13/h3-8,15H,9-10H2,1-2H3. The Bertz CT molecular complexity index is 635. The fourth-order valence-corrected chi connectivity index (χ4v) is 3.00. The predicted molar refractivity (Wildman–Crippen MR) is 82.2 cm³/mol. The first-order valence-corrected chi connectivity index (χ1v) is 8.57. The first-order chi connectivity index (χ1) is 9.47. The molecule has 0 amide bonds. The Morgan fingerprint density at radius 3 is 2.50 bits per heavy atom. The summed E-state index contributed by atoms with van der Waals surface area (Å²) in [5, 5.41) is 6.20. The van der Waals surface area contributed by atoms with E-state index in [9.17, 15) is 8.42 Å². The summed E-state index contributed by atoms with van der Waals surface area (Å²) in [6.45, 7) is 0.674. The van der Waals surface area contributed by atoms with E-state index in [-0.39, 0.29) is 5.75 Å². The van der Waals surface area contributed by atoms with Crippen LogP contribution in [0, 0.1) is 0 Å². The molecule has 108 valence electrons. The van der Waals surface area contributed by atoms with Gasteiger partial charge in [-0.2, -0.15) is 0 Å². The summed E-state index contributed by atoms with van der Waals surface area (Å²) in [6, 6.07) is 7.42. The molecule has 0 radical (unpaired) electrons. The number of hydrogen-bond donors (Lipinski definition) is 1. The van der Waals surface area contributed by atoms with Crippen molar-refractivity contribution >= 4 is 27.0 Å². The zero-order valence-corrected chi connectivity index (χ0v) is 13.0. The van der Waals surface area contributed by atoms with Gasteiger partial charge in [-0.3, -0.25) is 0 Å². The van der Waals surface area contributed by atoms with E-state index in [4.69, 9.17) is 0 Å². The highest BCUT2D eigenvalue weighted by Gasteiger charge is 2.14. The molecule has 0 fully saturated rings. The van der Waals surface area contributed by atoms with Crippen molar-refractivity contribution in [3.63, 3.8) is 0 Å². The third kappa shape index (κ3) is 4.03. The van der Waals surface area contributed by atoms with Crippen LogP contribution in [0.2, 0.25) is 0 Å². The zero-order chi connectivity index (χ0) is 14.6. The molecule has 0 spiro atoms. The van der Waals surface area contributed by atoms with Gasteiger partial charge in [0.2, 0.25) is 10.0 Å². The Morgan fingerprint density at radius 2 is 1.95 bits per heavy atom. The van der Waals surface area contributed by atoms with Crippen LogP contribution < -0.4 is 5.32 Å². The molecule has 0 saturated carbocycles. The van der Waals surface area contributed by atoms with Gasteiger partial charge in [0.05, 0.1) is 12.3 Å². The summed E-state index contributed by atoms with van der Waals surface area (Å²) in [5.74, 6) is 0.0206. The number of anilines is 1. The van der Waals surface area contributed by atoms with Crippen LogP contribution in [0.25, 0.3) is 0 Å². The van der Waals surface area contributed by atoms with Gasteiger partial charge in [-0.25, -0.2) is 17.7 Å². The second kappa shape index (κ2) is 6.34. The van der Waals surface area contributed by atoms with Gasteiger partial charge < -0.3 is 5.32 Å². The van der Waals surface area contributed by atoms with Crippen molar-refractivity contribution in [1.29, 1.82) is 0 Å². The smallest absolute Gasteiger partial charge is 0.217 e. The molecular weight excluding hydrogens is 294 g/mol. The number of nitrogens with zero attached hydrogens (tertiary/aromatic N) is 2. The molecule has 7 heteroatoms. The Hall–Kier alpha value is -1.44. The van der Waals surface area contributed by atoms with E-state index in [0.29, 0.717) is 6.54 Å². The summed E-state index contributed by atoms with van der Waals surface area (Å²) in [5.41, 5.74) is 1.73. The maximum Gasteiger partial charge on any atom is 0.217 e. The fourth-order valence-electron chi connectivity index (χ4n) is 1.58. The molecule has 2 rings (SSSR count). The van der Waals surface area contributed by atoms with E-state index in [1.807, 2.05) is 29.6 Å². The molecule has 1 N–H and O–H groups in total. The lowest BCUT2D eigenvalue weighted by molar-refractivity contribution is 0.520. The highest BCUT2D eigenvalue weighted by Crippen LogP contribution is 2.14. The third-order valence-corrected chi connectivity index (χ3v) is 5.38. The van der Waals surface area contributed by atoms with E-state index >= 15 is 0 Å². The van der Waals surface area contributed by atoms with Gasteiger partial charge in [-0.1, -0.05) is 12.1 Å². The van der Waals surface area contributed by atoms with E-state index in [2.05, 4.69) is 10.3 Å². The predicted octanol–water partition coefficient (Wildman–Crippen LogP) is 2.15. The van der Waals surface area contributed by atoms with Crippen LogP contribution in [0.3, 0.4) is 0 Å². The first-order valence-electron chi connectivity index (χ1n) is 6.09. The maximum absolute atomic E-state index is 11.8. The molecule has 0 aliphatic heterocycles. The van der Waals surface area contributed by atoms with Crippen molar-refractivity contribution in [2.75, 3.05) is 19.4 Å². The lowest BCUT2D eigenvalue weighted by Crippen LogP contribution is -2.23. The van der Waals surface area contributed by atoms with Gasteiger partial charge in [-0.05, 0) is 17.7 Å². The number of hydrogen-bond acceptors (Lipinski definition) is 5. The number of sulfonamides is 1.